The summed E-state index contributed by atoms with van der Waals surface area (Å²) in [5.74, 6) is 0. The molecule has 2 rings (SSSR count). The van der Waals surface area contributed by atoms with Crippen molar-refractivity contribution >= 4 is 35.0 Å². The van der Waals surface area contributed by atoms with Gasteiger partial charge in [0.2, 0.25) is 0 Å². The third kappa shape index (κ3) is 2.78. The third-order valence-electron chi connectivity index (χ3n) is 2.47. The van der Waals surface area contributed by atoms with E-state index in [1.165, 1.54) is 11.8 Å². The molecule has 2 aromatic rings. The smallest absolute Gasteiger partial charge is 0.187 e. The maximum absolute atomic E-state index is 6.17. The average molecular weight is 300 g/mol. The molecular weight excluding hydrogens is 289 g/mol. The lowest BCUT2D eigenvalue weighted by Gasteiger charge is -2.14. The Morgan fingerprint density at radius 2 is 2.06 bits per heavy atom. The summed E-state index contributed by atoms with van der Waals surface area (Å²) in [5.41, 5.74) is 7.65. The van der Waals surface area contributed by atoms with Crippen LogP contribution in [-0.4, -0.2) is 16.2 Å². The first-order valence-corrected chi connectivity index (χ1v) is 7.18. The van der Waals surface area contributed by atoms with Crippen molar-refractivity contribution in [2.24, 2.45) is 5.73 Å². The first-order chi connectivity index (χ1) is 8.63. The van der Waals surface area contributed by atoms with Crippen LogP contribution in [0.1, 0.15) is 17.3 Å². The van der Waals surface area contributed by atoms with Crippen molar-refractivity contribution in [1.82, 2.24) is 9.97 Å². The Bertz CT molecular complexity index is 563. The van der Waals surface area contributed by atoms with Gasteiger partial charge in [-0.15, -0.1) is 0 Å². The van der Waals surface area contributed by atoms with Gasteiger partial charge in [0.25, 0.3) is 0 Å². The summed E-state index contributed by atoms with van der Waals surface area (Å²) in [5, 5.41) is 1.64. The number of benzene rings is 1. The molecule has 0 aliphatic carbocycles. The van der Waals surface area contributed by atoms with Crippen molar-refractivity contribution in [2.75, 3.05) is 6.26 Å². The summed E-state index contributed by atoms with van der Waals surface area (Å²) >= 11 is 13.6. The molecule has 0 radical (unpaired) electrons. The van der Waals surface area contributed by atoms with Crippen molar-refractivity contribution in [3.05, 3.63) is 51.8 Å². The molecule has 1 aromatic carbocycles. The summed E-state index contributed by atoms with van der Waals surface area (Å²) in [6.45, 7) is 0. The van der Waals surface area contributed by atoms with Gasteiger partial charge in [-0.3, -0.25) is 0 Å². The van der Waals surface area contributed by atoms with Gasteiger partial charge >= 0.3 is 0 Å². The van der Waals surface area contributed by atoms with E-state index in [-0.39, 0.29) is 0 Å². The summed E-state index contributed by atoms with van der Waals surface area (Å²) < 4.78 is 0. The van der Waals surface area contributed by atoms with Gasteiger partial charge in [0, 0.05) is 6.20 Å². The monoisotopic (exact) mass is 299 g/mol. The number of hydrogen-bond acceptors (Lipinski definition) is 4. The predicted molar refractivity (Wildman–Crippen MR) is 76.3 cm³/mol. The van der Waals surface area contributed by atoms with Crippen LogP contribution >= 0.6 is 35.0 Å². The van der Waals surface area contributed by atoms with Gasteiger partial charge in [0.05, 0.1) is 21.8 Å². The van der Waals surface area contributed by atoms with Gasteiger partial charge in [0.15, 0.2) is 5.16 Å². The van der Waals surface area contributed by atoms with E-state index in [0.717, 1.165) is 11.3 Å². The van der Waals surface area contributed by atoms with Crippen molar-refractivity contribution < 1.29 is 0 Å². The number of hydrogen-bond donors (Lipinski definition) is 1. The molecule has 0 bridgehead atoms. The summed E-state index contributed by atoms with van der Waals surface area (Å²) in [6.07, 6.45) is 3.60. The van der Waals surface area contributed by atoms with E-state index in [1.54, 1.807) is 18.3 Å². The lowest BCUT2D eigenvalue weighted by molar-refractivity contribution is 0.785. The number of halogens is 2. The minimum Gasteiger partial charge on any atom is -0.319 e. The number of rotatable bonds is 3. The molecule has 0 aliphatic heterocycles. The van der Waals surface area contributed by atoms with Crippen molar-refractivity contribution in [1.29, 1.82) is 0 Å². The molecule has 0 saturated carbocycles. The molecule has 0 spiro atoms. The summed E-state index contributed by atoms with van der Waals surface area (Å²) in [7, 11) is 0. The maximum Gasteiger partial charge on any atom is 0.187 e. The molecule has 18 heavy (non-hydrogen) atoms. The minimum atomic E-state index is -0.412. The second-order valence-corrected chi connectivity index (χ2v) is 5.15. The fraction of sp³-hybridized carbons (Fsp3) is 0.167. The largest absolute Gasteiger partial charge is 0.319 e. The van der Waals surface area contributed by atoms with Gasteiger partial charge in [-0.1, -0.05) is 47.1 Å². The second kappa shape index (κ2) is 5.89. The van der Waals surface area contributed by atoms with E-state index in [2.05, 4.69) is 9.97 Å². The van der Waals surface area contributed by atoms with Crippen LogP contribution < -0.4 is 5.73 Å². The molecule has 0 aliphatic rings. The first kappa shape index (κ1) is 13.6. The van der Waals surface area contributed by atoms with Gasteiger partial charge in [-0.25, -0.2) is 9.97 Å². The Morgan fingerprint density at radius 3 is 2.78 bits per heavy atom. The first-order valence-electron chi connectivity index (χ1n) is 5.20. The molecule has 0 saturated heterocycles. The summed E-state index contributed by atoms with van der Waals surface area (Å²) in [4.78, 5) is 8.47. The highest BCUT2D eigenvalue weighted by Crippen LogP contribution is 2.31. The Hall–Kier alpha value is -0.810. The van der Waals surface area contributed by atoms with Gasteiger partial charge in [0.1, 0.15) is 0 Å². The van der Waals surface area contributed by atoms with E-state index in [9.17, 15) is 0 Å². The molecule has 1 atom stereocenters. The highest BCUT2D eigenvalue weighted by atomic mass is 35.5. The van der Waals surface area contributed by atoms with Gasteiger partial charge < -0.3 is 5.73 Å². The van der Waals surface area contributed by atoms with E-state index >= 15 is 0 Å². The normalized spacial score (nSPS) is 12.4. The fourth-order valence-electron chi connectivity index (χ4n) is 1.55. The van der Waals surface area contributed by atoms with Crippen molar-refractivity contribution in [2.45, 2.75) is 11.2 Å². The Balaban J connectivity index is 2.41. The molecule has 0 fully saturated rings. The van der Waals surface area contributed by atoms with E-state index in [0.29, 0.717) is 15.2 Å². The Labute approximate surface area is 120 Å². The summed E-state index contributed by atoms with van der Waals surface area (Å²) in [6, 6.07) is 6.76. The van der Waals surface area contributed by atoms with Crippen LogP contribution in [0, 0.1) is 0 Å². The topological polar surface area (TPSA) is 51.8 Å². The lowest BCUT2D eigenvalue weighted by Crippen LogP contribution is -2.14. The minimum absolute atomic E-state index is 0.412. The number of aromatic nitrogens is 2. The quantitative estimate of drug-likeness (QED) is 0.695. The molecule has 0 amide bonds. The van der Waals surface area contributed by atoms with Gasteiger partial charge in [-0.2, -0.15) is 0 Å². The molecular formula is C12H11Cl2N3S. The third-order valence-corrected chi connectivity index (χ3v) is 3.87. The second-order valence-electron chi connectivity index (χ2n) is 3.59. The Kier molecular flexibility index (Phi) is 4.45. The van der Waals surface area contributed by atoms with Crippen molar-refractivity contribution in [3.63, 3.8) is 0 Å². The molecule has 1 heterocycles. The zero-order valence-corrected chi connectivity index (χ0v) is 11.9. The predicted octanol–water partition coefficient (Wildman–Crippen LogP) is 3.55. The van der Waals surface area contributed by atoms with E-state index in [4.69, 9.17) is 28.9 Å². The maximum atomic E-state index is 6.17. The van der Waals surface area contributed by atoms with Crippen molar-refractivity contribution in [3.8, 4) is 0 Å². The number of nitrogens with two attached hydrogens (primary N) is 1. The lowest BCUT2D eigenvalue weighted by atomic mass is 10.0. The average Bonchev–Trinajstić information content (AvgIpc) is 2.41. The molecule has 6 heteroatoms. The highest BCUT2D eigenvalue weighted by Gasteiger charge is 2.16. The van der Waals surface area contributed by atoms with Crippen LogP contribution in [0.15, 0.2) is 35.6 Å². The zero-order chi connectivity index (χ0) is 13.1. The molecule has 94 valence electrons. The van der Waals surface area contributed by atoms with Crippen LogP contribution in [0.3, 0.4) is 0 Å². The molecule has 3 nitrogen and oxygen atoms in total. The number of nitrogens with zero attached hydrogens (tertiary/aromatic N) is 2. The van der Waals surface area contributed by atoms with E-state index < -0.39 is 6.04 Å². The fourth-order valence-corrected chi connectivity index (χ4v) is 2.33. The Morgan fingerprint density at radius 1 is 1.28 bits per heavy atom. The van der Waals surface area contributed by atoms with Crippen LogP contribution in [0.4, 0.5) is 0 Å². The SMILES string of the molecule is CSc1nccc(C(N)c2cccc(Cl)c2Cl)n1. The standard InChI is InChI=1S/C12H11Cl2N3S/c1-18-12-16-6-5-9(17-12)11(15)7-3-2-4-8(13)10(7)14/h2-6,11H,15H2,1H3. The van der Waals surface area contributed by atoms with Crippen LogP contribution in [0.2, 0.25) is 10.0 Å². The van der Waals surface area contributed by atoms with Crippen LogP contribution in [0.25, 0.3) is 0 Å². The number of thioether (sulfide) groups is 1. The molecule has 1 unspecified atom stereocenters. The van der Waals surface area contributed by atoms with E-state index in [1.807, 2.05) is 18.4 Å². The zero-order valence-electron chi connectivity index (χ0n) is 9.60. The highest BCUT2D eigenvalue weighted by molar-refractivity contribution is 7.98. The molecule has 2 N–H and O–H groups in total. The van der Waals surface area contributed by atoms with Gasteiger partial charge in [-0.05, 0) is 24.0 Å². The molecule has 1 aromatic heterocycles. The van der Waals surface area contributed by atoms with Crippen LogP contribution in [-0.2, 0) is 0 Å². The van der Waals surface area contributed by atoms with Crippen LogP contribution in [0.5, 0.6) is 0 Å².